The van der Waals surface area contributed by atoms with Crippen LogP contribution in [-0.2, 0) is 9.53 Å². The topological polar surface area (TPSA) is 26.3 Å². The zero-order valence-electron chi connectivity index (χ0n) is 5.97. The molecular formula is C7H11ClO2. The molecule has 0 saturated heterocycles. The average Bonchev–Trinajstić information content (AvgIpc) is 2.66. The van der Waals surface area contributed by atoms with Crippen LogP contribution in [0, 0.1) is 11.8 Å². The van der Waals surface area contributed by atoms with Gasteiger partial charge in [-0.25, -0.2) is 0 Å². The monoisotopic (exact) mass is 162 g/mol. The van der Waals surface area contributed by atoms with Crippen LogP contribution in [0.2, 0.25) is 0 Å². The Balaban J connectivity index is 2.19. The van der Waals surface area contributed by atoms with E-state index in [1.54, 1.807) is 0 Å². The fourth-order valence-electron chi connectivity index (χ4n) is 0.956. The molecule has 0 spiro atoms. The number of carbonyl (C=O) groups is 1. The first kappa shape index (κ1) is 7.86. The van der Waals surface area contributed by atoms with E-state index in [9.17, 15) is 4.79 Å². The summed E-state index contributed by atoms with van der Waals surface area (Å²) in [7, 11) is 0. The molecule has 0 radical (unpaired) electrons. The Kier molecular flexibility index (Phi) is 2.55. The van der Waals surface area contributed by atoms with Gasteiger partial charge in [0, 0.05) is 5.88 Å². The van der Waals surface area contributed by atoms with Gasteiger partial charge < -0.3 is 4.74 Å². The maximum Gasteiger partial charge on any atom is 0.309 e. The molecule has 1 fully saturated rings. The SMILES string of the molecule is CCOC(=O)[C@@H]1C[C@H]1CCl. The number of hydrogen-bond acceptors (Lipinski definition) is 2. The van der Waals surface area contributed by atoms with Crippen LogP contribution in [0.1, 0.15) is 13.3 Å². The van der Waals surface area contributed by atoms with Gasteiger partial charge in [0.2, 0.25) is 0 Å². The molecule has 58 valence electrons. The highest BCUT2D eigenvalue weighted by Gasteiger charge is 2.43. The lowest BCUT2D eigenvalue weighted by atomic mass is 10.3. The maximum atomic E-state index is 10.9. The van der Waals surface area contributed by atoms with E-state index in [0.717, 1.165) is 6.42 Å². The lowest BCUT2D eigenvalue weighted by Gasteiger charge is -1.97. The molecule has 0 aromatic heterocycles. The van der Waals surface area contributed by atoms with Crippen molar-refractivity contribution in [1.82, 2.24) is 0 Å². The van der Waals surface area contributed by atoms with E-state index < -0.39 is 0 Å². The normalized spacial score (nSPS) is 29.8. The zero-order valence-corrected chi connectivity index (χ0v) is 6.73. The van der Waals surface area contributed by atoms with Gasteiger partial charge in [-0.15, -0.1) is 11.6 Å². The molecule has 0 aromatic carbocycles. The summed E-state index contributed by atoms with van der Waals surface area (Å²) in [5, 5.41) is 0. The molecule has 1 aliphatic carbocycles. The molecule has 3 heteroatoms. The molecular weight excluding hydrogens is 152 g/mol. The van der Waals surface area contributed by atoms with Crippen LogP contribution in [-0.4, -0.2) is 18.5 Å². The molecule has 1 saturated carbocycles. The van der Waals surface area contributed by atoms with Crippen molar-refractivity contribution in [2.24, 2.45) is 11.8 Å². The molecule has 1 aliphatic rings. The van der Waals surface area contributed by atoms with E-state index in [4.69, 9.17) is 16.3 Å². The van der Waals surface area contributed by atoms with E-state index >= 15 is 0 Å². The molecule has 1 rings (SSSR count). The summed E-state index contributed by atoms with van der Waals surface area (Å²) in [5.74, 6) is 1.01. The van der Waals surface area contributed by atoms with Crippen molar-refractivity contribution in [2.45, 2.75) is 13.3 Å². The first-order valence-corrected chi connectivity index (χ1v) is 4.05. The predicted molar refractivity (Wildman–Crippen MR) is 39.0 cm³/mol. The third-order valence-corrected chi connectivity index (χ3v) is 2.11. The molecule has 0 aromatic rings. The van der Waals surface area contributed by atoms with Crippen LogP contribution in [0.5, 0.6) is 0 Å². The van der Waals surface area contributed by atoms with E-state index in [1.807, 2.05) is 6.92 Å². The summed E-state index contributed by atoms with van der Waals surface area (Å²) in [6, 6.07) is 0. The van der Waals surface area contributed by atoms with Crippen molar-refractivity contribution < 1.29 is 9.53 Å². The largest absolute Gasteiger partial charge is 0.466 e. The number of rotatable bonds is 3. The van der Waals surface area contributed by atoms with Gasteiger partial charge in [0.05, 0.1) is 12.5 Å². The van der Waals surface area contributed by atoms with Crippen LogP contribution in [0.15, 0.2) is 0 Å². The quantitative estimate of drug-likeness (QED) is 0.464. The Hall–Kier alpha value is -0.240. The number of alkyl halides is 1. The summed E-state index contributed by atoms with van der Waals surface area (Å²) >= 11 is 5.53. The second-order valence-electron chi connectivity index (χ2n) is 2.51. The van der Waals surface area contributed by atoms with Gasteiger partial charge in [-0.05, 0) is 19.3 Å². The Labute approximate surface area is 65.5 Å². The molecule has 0 bridgehead atoms. The molecule has 0 aliphatic heterocycles. The summed E-state index contributed by atoms with van der Waals surface area (Å²) in [6.07, 6.45) is 0.919. The Morgan fingerprint density at radius 1 is 1.80 bits per heavy atom. The van der Waals surface area contributed by atoms with Gasteiger partial charge in [0.15, 0.2) is 0 Å². The molecule has 10 heavy (non-hydrogen) atoms. The average molecular weight is 163 g/mol. The minimum Gasteiger partial charge on any atom is -0.466 e. The third kappa shape index (κ3) is 1.63. The van der Waals surface area contributed by atoms with Crippen molar-refractivity contribution in [1.29, 1.82) is 0 Å². The second kappa shape index (κ2) is 3.24. The summed E-state index contributed by atoms with van der Waals surface area (Å²) < 4.78 is 4.80. The van der Waals surface area contributed by atoms with Crippen LogP contribution in [0.3, 0.4) is 0 Å². The van der Waals surface area contributed by atoms with Crippen molar-refractivity contribution in [3.8, 4) is 0 Å². The van der Waals surface area contributed by atoms with E-state index in [2.05, 4.69) is 0 Å². The van der Waals surface area contributed by atoms with Gasteiger partial charge in [-0.1, -0.05) is 0 Å². The van der Waals surface area contributed by atoms with Gasteiger partial charge >= 0.3 is 5.97 Å². The molecule has 0 unspecified atom stereocenters. The molecule has 0 amide bonds. The summed E-state index contributed by atoms with van der Waals surface area (Å²) in [4.78, 5) is 10.9. The van der Waals surface area contributed by atoms with Crippen LogP contribution in [0.4, 0.5) is 0 Å². The Bertz CT molecular complexity index is 136. The van der Waals surface area contributed by atoms with Gasteiger partial charge in [0.25, 0.3) is 0 Å². The van der Waals surface area contributed by atoms with Crippen molar-refractivity contribution in [2.75, 3.05) is 12.5 Å². The lowest BCUT2D eigenvalue weighted by molar-refractivity contribution is -0.144. The fourth-order valence-corrected chi connectivity index (χ4v) is 1.30. The van der Waals surface area contributed by atoms with Gasteiger partial charge in [0.1, 0.15) is 0 Å². The standard InChI is InChI=1S/C7H11ClO2/c1-2-10-7(9)6-3-5(6)4-8/h5-6H,2-4H2,1H3/t5-,6+/m0/s1. The summed E-state index contributed by atoms with van der Waals surface area (Å²) in [6.45, 7) is 2.29. The third-order valence-electron chi connectivity index (χ3n) is 1.71. The zero-order chi connectivity index (χ0) is 7.56. The molecule has 0 N–H and O–H groups in total. The van der Waals surface area contributed by atoms with E-state index in [-0.39, 0.29) is 11.9 Å². The lowest BCUT2D eigenvalue weighted by Crippen LogP contribution is -2.07. The first-order chi connectivity index (χ1) is 4.79. The van der Waals surface area contributed by atoms with Gasteiger partial charge in [-0.2, -0.15) is 0 Å². The number of carbonyl (C=O) groups excluding carboxylic acids is 1. The fraction of sp³-hybridized carbons (Fsp3) is 0.857. The first-order valence-electron chi connectivity index (χ1n) is 3.52. The van der Waals surface area contributed by atoms with Crippen LogP contribution >= 0.6 is 11.6 Å². The minimum atomic E-state index is -0.0758. The number of esters is 1. The number of ether oxygens (including phenoxy) is 1. The number of halogens is 1. The molecule has 0 heterocycles. The van der Waals surface area contributed by atoms with E-state index in [0.29, 0.717) is 18.4 Å². The number of hydrogen-bond donors (Lipinski definition) is 0. The van der Waals surface area contributed by atoms with Crippen molar-refractivity contribution in [3.63, 3.8) is 0 Å². The van der Waals surface area contributed by atoms with Crippen molar-refractivity contribution in [3.05, 3.63) is 0 Å². The predicted octanol–water partition coefficient (Wildman–Crippen LogP) is 1.42. The smallest absolute Gasteiger partial charge is 0.309 e. The van der Waals surface area contributed by atoms with E-state index in [1.165, 1.54) is 0 Å². The van der Waals surface area contributed by atoms with Crippen molar-refractivity contribution >= 4 is 17.6 Å². The highest BCUT2D eigenvalue weighted by molar-refractivity contribution is 6.18. The highest BCUT2D eigenvalue weighted by atomic mass is 35.5. The maximum absolute atomic E-state index is 10.9. The van der Waals surface area contributed by atoms with Crippen LogP contribution < -0.4 is 0 Å². The van der Waals surface area contributed by atoms with Gasteiger partial charge in [-0.3, -0.25) is 4.79 Å². The van der Waals surface area contributed by atoms with Crippen LogP contribution in [0.25, 0.3) is 0 Å². The second-order valence-corrected chi connectivity index (χ2v) is 2.82. The summed E-state index contributed by atoms with van der Waals surface area (Å²) in [5.41, 5.74) is 0. The molecule has 2 nitrogen and oxygen atoms in total. The molecule has 2 atom stereocenters. The minimum absolute atomic E-state index is 0.0758. The Morgan fingerprint density at radius 3 is 2.90 bits per heavy atom. The Morgan fingerprint density at radius 2 is 2.50 bits per heavy atom. The highest BCUT2D eigenvalue weighted by Crippen LogP contribution is 2.40.